The summed E-state index contributed by atoms with van der Waals surface area (Å²) in [6.45, 7) is 4.84. The minimum absolute atomic E-state index is 0. The zero-order valence-corrected chi connectivity index (χ0v) is 9.61. The molecule has 2 rings (SSSR count). The third kappa shape index (κ3) is 2.42. The summed E-state index contributed by atoms with van der Waals surface area (Å²) < 4.78 is 10.7. The molecule has 1 unspecified atom stereocenters. The Morgan fingerprint density at radius 3 is 2.64 bits per heavy atom. The molecule has 1 N–H and O–H groups in total. The lowest BCUT2D eigenvalue weighted by Crippen LogP contribution is -2.35. The average molecular weight is 238 g/mol. The van der Waals surface area contributed by atoms with E-state index in [2.05, 4.69) is 19.2 Å². The Hall–Kier alpha value is -0.220. The van der Waals surface area contributed by atoms with Crippen molar-refractivity contribution in [2.24, 2.45) is 0 Å². The molecule has 0 aromatic carbocycles. The van der Waals surface area contributed by atoms with Gasteiger partial charge in [0.25, 0.3) is 0 Å². The van der Waals surface area contributed by atoms with Gasteiger partial charge >= 0.3 is 0 Å². The molecule has 1 aromatic rings. The summed E-state index contributed by atoms with van der Waals surface area (Å²) in [5.74, 6) is 0.732. The maximum absolute atomic E-state index is 5.66. The molecule has 1 aliphatic heterocycles. The van der Waals surface area contributed by atoms with E-state index in [9.17, 15) is 0 Å². The molecule has 2 heterocycles. The highest BCUT2D eigenvalue weighted by Crippen LogP contribution is 2.28. The van der Waals surface area contributed by atoms with Crippen LogP contribution < -0.4 is 5.32 Å². The van der Waals surface area contributed by atoms with Crippen molar-refractivity contribution in [1.29, 1.82) is 0 Å². The first kappa shape index (κ1) is 11.9. The van der Waals surface area contributed by atoms with Crippen molar-refractivity contribution in [3.8, 4) is 0 Å². The fourth-order valence-electron chi connectivity index (χ4n) is 1.35. The first-order valence-corrected chi connectivity index (χ1v) is 4.59. The van der Waals surface area contributed by atoms with Gasteiger partial charge in [-0.1, -0.05) is 0 Å². The average Bonchev–Trinajstić information content (AvgIpc) is 2.56. The molecule has 3 nitrogen and oxygen atoms in total. The number of ether oxygens (including phenoxy) is 1. The third-order valence-electron chi connectivity index (χ3n) is 1.99. The lowest BCUT2D eigenvalue weighted by molar-refractivity contribution is 0.0813. The summed E-state index contributed by atoms with van der Waals surface area (Å²) in [6.07, 6.45) is -0.164. The molecule has 5 heteroatoms. The highest BCUT2D eigenvalue weighted by atomic mass is 35.5. The van der Waals surface area contributed by atoms with E-state index in [4.69, 9.17) is 20.8 Å². The molecule has 0 saturated carbocycles. The molecule has 0 radical (unpaired) electrons. The van der Waals surface area contributed by atoms with Gasteiger partial charge in [0.1, 0.15) is 5.76 Å². The van der Waals surface area contributed by atoms with Crippen molar-refractivity contribution < 1.29 is 9.15 Å². The van der Waals surface area contributed by atoms with E-state index in [1.165, 1.54) is 0 Å². The quantitative estimate of drug-likeness (QED) is 0.816. The van der Waals surface area contributed by atoms with Crippen LogP contribution in [0.1, 0.15) is 25.8 Å². The van der Waals surface area contributed by atoms with E-state index >= 15 is 0 Å². The predicted octanol–water partition coefficient (Wildman–Crippen LogP) is 2.75. The SMILES string of the molecule is CC1(C)COC(c2ccc(Cl)o2)N1.Cl. The normalized spacial score (nSPS) is 24.6. The Kier molecular flexibility index (Phi) is 3.48. The van der Waals surface area contributed by atoms with E-state index in [-0.39, 0.29) is 24.2 Å². The van der Waals surface area contributed by atoms with Crippen LogP contribution in [-0.4, -0.2) is 12.1 Å². The van der Waals surface area contributed by atoms with Crippen LogP contribution in [0, 0.1) is 0 Å². The summed E-state index contributed by atoms with van der Waals surface area (Å²) in [7, 11) is 0. The molecule has 0 bridgehead atoms. The molecule has 1 aliphatic rings. The van der Waals surface area contributed by atoms with E-state index < -0.39 is 0 Å². The number of hydrogen-bond donors (Lipinski definition) is 1. The molecule has 1 aromatic heterocycles. The fourth-order valence-corrected chi connectivity index (χ4v) is 1.50. The van der Waals surface area contributed by atoms with Crippen LogP contribution in [0.3, 0.4) is 0 Å². The Labute approximate surface area is 94.2 Å². The lowest BCUT2D eigenvalue weighted by Gasteiger charge is -2.15. The van der Waals surface area contributed by atoms with E-state index in [0.717, 1.165) is 5.76 Å². The molecule has 1 atom stereocenters. The summed E-state index contributed by atoms with van der Waals surface area (Å²) in [6, 6.07) is 3.54. The second kappa shape index (κ2) is 4.11. The van der Waals surface area contributed by atoms with E-state index in [1.807, 2.05) is 6.07 Å². The monoisotopic (exact) mass is 237 g/mol. The van der Waals surface area contributed by atoms with Crippen molar-refractivity contribution in [2.75, 3.05) is 6.61 Å². The molecular formula is C9H13Cl2NO2. The van der Waals surface area contributed by atoms with Crippen LogP contribution in [0.4, 0.5) is 0 Å². The molecule has 0 aliphatic carbocycles. The number of rotatable bonds is 1. The standard InChI is InChI=1S/C9H12ClNO2.ClH/c1-9(2)5-12-8(11-9)6-3-4-7(10)13-6;/h3-4,8,11H,5H2,1-2H3;1H. The first-order chi connectivity index (χ1) is 6.07. The molecule has 80 valence electrons. The predicted molar refractivity (Wildman–Crippen MR) is 56.9 cm³/mol. The van der Waals surface area contributed by atoms with Crippen LogP contribution in [0.2, 0.25) is 5.22 Å². The van der Waals surface area contributed by atoms with Crippen LogP contribution in [-0.2, 0) is 4.74 Å². The van der Waals surface area contributed by atoms with Crippen LogP contribution in [0.15, 0.2) is 16.5 Å². The second-order valence-electron chi connectivity index (χ2n) is 3.86. The van der Waals surface area contributed by atoms with E-state index in [1.54, 1.807) is 6.07 Å². The highest BCUT2D eigenvalue weighted by Gasteiger charge is 2.33. The Morgan fingerprint density at radius 2 is 2.21 bits per heavy atom. The van der Waals surface area contributed by atoms with Gasteiger partial charge in [-0.2, -0.15) is 0 Å². The van der Waals surface area contributed by atoms with Gasteiger partial charge in [0.15, 0.2) is 11.4 Å². The van der Waals surface area contributed by atoms with Crippen molar-refractivity contribution in [2.45, 2.75) is 25.6 Å². The number of furan rings is 1. The van der Waals surface area contributed by atoms with E-state index in [0.29, 0.717) is 11.8 Å². The van der Waals surface area contributed by atoms with Crippen LogP contribution in [0.25, 0.3) is 0 Å². The maximum Gasteiger partial charge on any atom is 0.193 e. The van der Waals surface area contributed by atoms with Crippen molar-refractivity contribution in [3.05, 3.63) is 23.1 Å². The van der Waals surface area contributed by atoms with Crippen molar-refractivity contribution >= 4 is 24.0 Å². The van der Waals surface area contributed by atoms with Gasteiger partial charge in [0, 0.05) is 5.54 Å². The summed E-state index contributed by atoms with van der Waals surface area (Å²) >= 11 is 5.66. The number of hydrogen-bond acceptors (Lipinski definition) is 3. The van der Waals surface area contributed by atoms with Gasteiger partial charge in [-0.3, -0.25) is 5.32 Å². The third-order valence-corrected chi connectivity index (χ3v) is 2.19. The molecule has 1 saturated heterocycles. The smallest absolute Gasteiger partial charge is 0.193 e. The van der Waals surface area contributed by atoms with Crippen molar-refractivity contribution in [1.82, 2.24) is 5.32 Å². The largest absolute Gasteiger partial charge is 0.445 e. The molecular weight excluding hydrogens is 225 g/mol. The lowest BCUT2D eigenvalue weighted by atomic mass is 10.1. The fraction of sp³-hybridized carbons (Fsp3) is 0.556. The van der Waals surface area contributed by atoms with Crippen molar-refractivity contribution in [3.63, 3.8) is 0 Å². The minimum Gasteiger partial charge on any atom is -0.445 e. The maximum atomic E-state index is 5.66. The molecule has 0 spiro atoms. The van der Waals surface area contributed by atoms with Gasteiger partial charge < -0.3 is 9.15 Å². The Bertz CT molecular complexity index is 312. The van der Waals surface area contributed by atoms with Gasteiger partial charge in [0.05, 0.1) is 6.61 Å². The second-order valence-corrected chi connectivity index (χ2v) is 4.23. The van der Waals surface area contributed by atoms with Crippen LogP contribution in [0.5, 0.6) is 0 Å². The van der Waals surface area contributed by atoms with Gasteiger partial charge in [0.2, 0.25) is 0 Å². The summed E-state index contributed by atoms with van der Waals surface area (Å²) in [4.78, 5) is 0. The summed E-state index contributed by atoms with van der Waals surface area (Å²) in [5, 5.41) is 3.68. The molecule has 1 fully saturated rings. The topological polar surface area (TPSA) is 34.4 Å². The Balaban J connectivity index is 0.000000980. The molecule has 14 heavy (non-hydrogen) atoms. The minimum atomic E-state index is -0.164. The summed E-state index contributed by atoms with van der Waals surface area (Å²) in [5.41, 5.74) is 0.00390. The van der Waals surface area contributed by atoms with Crippen LogP contribution >= 0.6 is 24.0 Å². The van der Waals surface area contributed by atoms with Gasteiger partial charge in [-0.05, 0) is 37.6 Å². The molecule has 0 amide bonds. The highest BCUT2D eigenvalue weighted by molar-refractivity contribution is 6.28. The van der Waals surface area contributed by atoms with Gasteiger partial charge in [-0.25, -0.2) is 0 Å². The zero-order valence-electron chi connectivity index (χ0n) is 8.04. The number of halogens is 2. The number of nitrogens with one attached hydrogen (secondary N) is 1. The first-order valence-electron chi connectivity index (χ1n) is 4.21. The zero-order chi connectivity index (χ0) is 9.47. The van der Waals surface area contributed by atoms with Gasteiger partial charge in [-0.15, -0.1) is 12.4 Å². The Morgan fingerprint density at radius 1 is 1.50 bits per heavy atom.